The lowest BCUT2D eigenvalue weighted by atomic mass is 9.68. The van der Waals surface area contributed by atoms with E-state index >= 15 is 0 Å². The van der Waals surface area contributed by atoms with E-state index in [2.05, 4.69) is 45.0 Å². The molecule has 0 unspecified atom stereocenters. The van der Waals surface area contributed by atoms with E-state index in [9.17, 15) is 24.9 Å². The molecule has 7 nitrogen and oxygen atoms in total. The third-order valence-electron chi connectivity index (χ3n) is 11.2. The molecule has 2 amide bonds. The molecule has 0 saturated carbocycles. The van der Waals surface area contributed by atoms with Crippen molar-refractivity contribution in [3.8, 4) is 5.75 Å². The monoisotopic (exact) mass is 763 g/mol. The van der Waals surface area contributed by atoms with Gasteiger partial charge in [0.2, 0.25) is 11.8 Å². The van der Waals surface area contributed by atoms with Gasteiger partial charge in [-0.25, -0.2) is 0 Å². The fourth-order valence-electron chi connectivity index (χ4n) is 8.56. The number of phenols is 1. The molecule has 1 heterocycles. The quantitative estimate of drug-likeness (QED) is 0.0734. The summed E-state index contributed by atoms with van der Waals surface area (Å²) in [4.78, 5) is 29.7. The van der Waals surface area contributed by atoms with E-state index in [0.29, 0.717) is 35.5 Å². The van der Waals surface area contributed by atoms with Crippen LogP contribution in [0.15, 0.2) is 126 Å². The standard InChI is InChI=1S/C45H50ClNO6Si/c1-5-30(25-31-22-23-34(49)27-39(31)46)21-24-40(50)41-32(26-37-42(38(41)28-48)44(52)47(43(37)51)33-15-9-6-10-16-33)29-53-54(45(2,3)4,35-17-11-7-12-18-35)36-19-13-8-14-20-36/h6-20,22-23,25,27,37-38,40,42,48-50H,5,21,24,26,28-29H2,1-4H3/b30-25+/t37-,38+,40-,42-/m1/s1. The van der Waals surface area contributed by atoms with Crippen LogP contribution in [0.1, 0.15) is 58.9 Å². The van der Waals surface area contributed by atoms with Crippen LogP contribution in [0.3, 0.4) is 0 Å². The lowest BCUT2D eigenvalue weighted by Gasteiger charge is -2.44. The van der Waals surface area contributed by atoms with Crippen LogP contribution in [0, 0.1) is 17.8 Å². The van der Waals surface area contributed by atoms with Crippen LogP contribution in [-0.2, 0) is 14.0 Å². The number of aliphatic hydroxyl groups excluding tert-OH is 2. The van der Waals surface area contributed by atoms with Crippen LogP contribution in [0.2, 0.25) is 10.1 Å². The van der Waals surface area contributed by atoms with Crippen molar-refractivity contribution in [1.29, 1.82) is 0 Å². The first-order valence-corrected chi connectivity index (χ1v) is 21.1. The molecule has 1 aliphatic heterocycles. The highest BCUT2D eigenvalue weighted by atomic mass is 35.5. The number of anilines is 1. The van der Waals surface area contributed by atoms with Gasteiger partial charge in [0.15, 0.2) is 0 Å². The number of hydrogen-bond acceptors (Lipinski definition) is 6. The van der Waals surface area contributed by atoms with Gasteiger partial charge in [-0.1, -0.05) is 130 Å². The number of phenolic OH excluding ortho intramolecular Hbond substituents is 1. The Bertz CT molecular complexity index is 1970. The number of halogens is 1. The molecule has 9 heteroatoms. The molecule has 0 bridgehead atoms. The predicted molar refractivity (Wildman–Crippen MR) is 218 cm³/mol. The average Bonchev–Trinajstić information content (AvgIpc) is 3.42. The summed E-state index contributed by atoms with van der Waals surface area (Å²) in [5.74, 6) is -2.87. The number of nitrogens with zero attached hydrogens (tertiary/aromatic N) is 1. The van der Waals surface area contributed by atoms with Crippen molar-refractivity contribution in [3.63, 3.8) is 0 Å². The van der Waals surface area contributed by atoms with E-state index in [1.807, 2.05) is 55.5 Å². The van der Waals surface area contributed by atoms with Crippen LogP contribution in [0.25, 0.3) is 6.08 Å². The Hall–Kier alpha value is -4.31. The molecule has 0 radical (unpaired) electrons. The minimum atomic E-state index is -3.04. The number of hydrogen-bond donors (Lipinski definition) is 3. The summed E-state index contributed by atoms with van der Waals surface area (Å²) in [6, 6.07) is 34.4. The molecule has 282 valence electrons. The first kappa shape index (κ1) is 39.4. The fraction of sp³-hybridized carbons (Fsp3) is 0.333. The molecule has 2 aliphatic rings. The number of allylic oxidation sites excluding steroid dienone is 1. The van der Waals surface area contributed by atoms with Crippen molar-refractivity contribution in [1.82, 2.24) is 0 Å². The van der Waals surface area contributed by atoms with Crippen molar-refractivity contribution in [2.24, 2.45) is 17.8 Å². The molecule has 1 saturated heterocycles. The fourth-order valence-corrected chi connectivity index (χ4v) is 13.3. The van der Waals surface area contributed by atoms with Gasteiger partial charge in [0.25, 0.3) is 8.32 Å². The Morgan fingerprint density at radius 2 is 1.52 bits per heavy atom. The molecular weight excluding hydrogens is 714 g/mol. The van der Waals surface area contributed by atoms with Crippen LogP contribution < -0.4 is 15.3 Å². The Morgan fingerprint density at radius 3 is 2.06 bits per heavy atom. The summed E-state index contributed by atoms with van der Waals surface area (Å²) < 4.78 is 7.38. The highest BCUT2D eigenvalue weighted by Crippen LogP contribution is 2.48. The first-order valence-electron chi connectivity index (χ1n) is 18.8. The van der Waals surface area contributed by atoms with Crippen molar-refractivity contribution >= 4 is 53.9 Å². The molecule has 3 N–H and O–H groups in total. The zero-order chi connectivity index (χ0) is 38.6. The maximum atomic E-state index is 14.2. The summed E-state index contributed by atoms with van der Waals surface area (Å²) >= 11 is 6.43. The second-order valence-corrected chi connectivity index (χ2v) is 20.1. The van der Waals surface area contributed by atoms with Gasteiger partial charge in [-0.3, -0.25) is 14.5 Å². The Morgan fingerprint density at radius 1 is 0.926 bits per heavy atom. The van der Waals surface area contributed by atoms with E-state index in [0.717, 1.165) is 27.1 Å². The van der Waals surface area contributed by atoms with Gasteiger partial charge >= 0.3 is 0 Å². The highest BCUT2D eigenvalue weighted by molar-refractivity contribution is 6.99. The molecule has 54 heavy (non-hydrogen) atoms. The van der Waals surface area contributed by atoms with Crippen LogP contribution in [-0.4, -0.2) is 54.8 Å². The lowest BCUT2D eigenvalue weighted by Crippen LogP contribution is -2.66. The van der Waals surface area contributed by atoms with Crippen LogP contribution in [0.5, 0.6) is 5.75 Å². The Balaban J connectivity index is 1.42. The van der Waals surface area contributed by atoms with E-state index in [-0.39, 0.29) is 35.6 Å². The average molecular weight is 764 g/mol. The molecule has 6 rings (SSSR count). The predicted octanol–water partition coefficient (Wildman–Crippen LogP) is 7.67. The van der Waals surface area contributed by atoms with Crippen LogP contribution in [0.4, 0.5) is 5.69 Å². The van der Waals surface area contributed by atoms with Crippen molar-refractivity contribution < 1.29 is 29.3 Å². The number of imide groups is 1. The molecule has 4 atom stereocenters. The highest BCUT2D eigenvalue weighted by Gasteiger charge is 2.56. The molecule has 4 aromatic rings. The van der Waals surface area contributed by atoms with Gasteiger partial charge in [0.05, 0.1) is 41.9 Å². The second-order valence-electron chi connectivity index (χ2n) is 15.4. The molecular formula is C45H50ClNO6Si. The van der Waals surface area contributed by atoms with Gasteiger partial charge in [0, 0.05) is 5.92 Å². The van der Waals surface area contributed by atoms with Gasteiger partial charge in [-0.05, 0) is 88.1 Å². The zero-order valence-electron chi connectivity index (χ0n) is 31.4. The molecule has 1 aliphatic carbocycles. The number of aromatic hydroxyl groups is 1. The SMILES string of the molecule is CC/C(=C\c1ccc(O)cc1Cl)CC[C@@H](O)C1=C(CO[Si](c2ccccc2)(c2ccccc2)C(C)(C)C)C[C@H]2C(=O)N(c3ccccc3)C(=O)[C@H]2[C@H]1CO. The zero-order valence-corrected chi connectivity index (χ0v) is 33.2. The smallest absolute Gasteiger partial charge is 0.261 e. The molecule has 4 aromatic carbocycles. The normalized spacial score (nSPS) is 20.0. The van der Waals surface area contributed by atoms with Gasteiger partial charge in [-0.2, -0.15) is 0 Å². The third-order valence-corrected chi connectivity index (χ3v) is 16.5. The number of fused-ring (bicyclic) bond motifs is 1. The number of carbonyl (C=O) groups excluding carboxylic acids is 2. The second kappa shape index (κ2) is 16.6. The maximum absolute atomic E-state index is 14.2. The maximum Gasteiger partial charge on any atom is 0.261 e. The van der Waals surface area contributed by atoms with E-state index < -0.39 is 38.8 Å². The number of para-hydroxylation sites is 1. The summed E-state index contributed by atoms with van der Waals surface area (Å²) in [5, 5.41) is 35.5. The van der Waals surface area contributed by atoms with Crippen molar-refractivity contribution in [2.45, 2.75) is 64.5 Å². The van der Waals surface area contributed by atoms with Crippen molar-refractivity contribution in [3.05, 3.63) is 137 Å². The lowest BCUT2D eigenvalue weighted by molar-refractivity contribution is -0.123. The van der Waals surface area contributed by atoms with Gasteiger partial charge < -0.3 is 19.7 Å². The number of carbonyl (C=O) groups is 2. The Labute approximate surface area is 324 Å². The first-order chi connectivity index (χ1) is 25.9. The number of rotatable bonds is 13. The summed E-state index contributed by atoms with van der Waals surface area (Å²) in [6.45, 7) is 8.37. The number of amides is 2. The summed E-state index contributed by atoms with van der Waals surface area (Å²) in [5.41, 5.74) is 3.66. The third kappa shape index (κ3) is 7.63. The minimum absolute atomic E-state index is 0.0850. The minimum Gasteiger partial charge on any atom is -0.508 e. The van der Waals surface area contributed by atoms with Gasteiger partial charge in [0.1, 0.15) is 5.75 Å². The largest absolute Gasteiger partial charge is 0.508 e. The summed E-state index contributed by atoms with van der Waals surface area (Å²) in [7, 11) is -3.04. The molecule has 0 spiro atoms. The van der Waals surface area contributed by atoms with Crippen LogP contribution >= 0.6 is 11.6 Å². The van der Waals surface area contributed by atoms with Gasteiger partial charge in [-0.15, -0.1) is 0 Å². The summed E-state index contributed by atoms with van der Waals surface area (Å²) in [6.07, 6.45) is 2.76. The Kier molecular flexibility index (Phi) is 12.1. The number of aliphatic hydroxyl groups is 2. The molecule has 0 aromatic heterocycles. The molecule has 1 fully saturated rings. The topological polar surface area (TPSA) is 107 Å². The van der Waals surface area contributed by atoms with E-state index in [4.69, 9.17) is 16.0 Å². The van der Waals surface area contributed by atoms with Crippen molar-refractivity contribution in [2.75, 3.05) is 18.1 Å². The number of benzene rings is 4. The van der Waals surface area contributed by atoms with E-state index in [1.165, 1.54) is 11.0 Å². The van der Waals surface area contributed by atoms with E-state index in [1.54, 1.807) is 36.4 Å².